The number of anilines is 1. The third kappa shape index (κ3) is 4.41. The Kier molecular flexibility index (Phi) is 5.67. The van der Waals surface area contributed by atoms with Crippen molar-refractivity contribution < 1.29 is 19.5 Å². The van der Waals surface area contributed by atoms with E-state index in [1.807, 2.05) is 17.5 Å². The molecule has 1 atom stereocenters. The van der Waals surface area contributed by atoms with Gasteiger partial charge in [0, 0.05) is 11.3 Å². The van der Waals surface area contributed by atoms with Crippen LogP contribution >= 0.6 is 23.1 Å². The van der Waals surface area contributed by atoms with Crippen LogP contribution < -0.4 is 10.6 Å². The van der Waals surface area contributed by atoms with Crippen LogP contribution in [0.4, 0.5) is 5.69 Å². The predicted molar refractivity (Wildman–Crippen MR) is 105 cm³/mol. The number of amides is 2. The number of carboxylic acids is 1. The average Bonchev–Trinajstić information content (AvgIpc) is 3.23. The molecule has 1 aliphatic rings. The van der Waals surface area contributed by atoms with Gasteiger partial charge >= 0.3 is 5.97 Å². The molecule has 0 spiro atoms. The SMILES string of the molecule is NC(=NN=Cc1cccs1)SC1CC(=O)N(c2cccc(C(=O)O)c2)C1=O. The lowest BCUT2D eigenvalue weighted by Crippen LogP contribution is -2.32. The number of amidine groups is 1. The number of carbonyl (C=O) groups is 3. The van der Waals surface area contributed by atoms with Crippen LogP contribution in [0.5, 0.6) is 0 Å². The highest BCUT2D eigenvalue weighted by Crippen LogP contribution is 2.30. The number of hydrogen-bond acceptors (Lipinski definition) is 7. The van der Waals surface area contributed by atoms with Gasteiger partial charge in [-0.3, -0.25) is 9.59 Å². The molecule has 3 rings (SSSR count). The molecule has 1 aliphatic heterocycles. The Labute approximate surface area is 162 Å². The molecule has 1 aromatic heterocycles. The zero-order chi connectivity index (χ0) is 19.4. The van der Waals surface area contributed by atoms with E-state index >= 15 is 0 Å². The van der Waals surface area contributed by atoms with E-state index in [0.717, 1.165) is 21.5 Å². The van der Waals surface area contributed by atoms with E-state index in [1.165, 1.54) is 35.6 Å². The first-order valence-corrected chi connectivity index (χ1v) is 9.48. The smallest absolute Gasteiger partial charge is 0.335 e. The highest BCUT2D eigenvalue weighted by molar-refractivity contribution is 8.14. The van der Waals surface area contributed by atoms with Crippen LogP contribution in [-0.2, 0) is 9.59 Å². The number of rotatable bonds is 5. The van der Waals surface area contributed by atoms with Crippen LogP contribution in [0.1, 0.15) is 21.7 Å². The molecule has 1 unspecified atom stereocenters. The Morgan fingerprint density at radius 1 is 1.33 bits per heavy atom. The van der Waals surface area contributed by atoms with Crippen molar-refractivity contribution in [3.63, 3.8) is 0 Å². The number of thiophene rings is 1. The molecule has 2 aromatic rings. The molecule has 0 aliphatic carbocycles. The lowest BCUT2D eigenvalue weighted by Gasteiger charge is -2.15. The first-order chi connectivity index (χ1) is 13.0. The second-order valence-electron chi connectivity index (χ2n) is 5.43. The highest BCUT2D eigenvalue weighted by atomic mass is 32.2. The fraction of sp³-hybridized carbons (Fsp3) is 0.118. The molecule has 27 heavy (non-hydrogen) atoms. The zero-order valence-electron chi connectivity index (χ0n) is 13.8. The molecule has 0 radical (unpaired) electrons. The van der Waals surface area contributed by atoms with Gasteiger partial charge in [-0.2, -0.15) is 5.10 Å². The molecule has 10 heteroatoms. The summed E-state index contributed by atoms with van der Waals surface area (Å²) in [7, 11) is 0. The van der Waals surface area contributed by atoms with E-state index in [4.69, 9.17) is 10.8 Å². The summed E-state index contributed by atoms with van der Waals surface area (Å²) in [5.41, 5.74) is 6.01. The molecule has 0 bridgehead atoms. The number of imide groups is 1. The summed E-state index contributed by atoms with van der Waals surface area (Å²) >= 11 is 2.45. The van der Waals surface area contributed by atoms with Gasteiger partial charge in [0.05, 0.1) is 17.5 Å². The molecular weight excluding hydrogens is 388 g/mol. The Balaban J connectivity index is 1.70. The van der Waals surface area contributed by atoms with Crippen molar-refractivity contribution in [2.75, 3.05) is 4.90 Å². The molecule has 2 amide bonds. The predicted octanol–water partition coefficient (Wildman–Crippen LogP) is 2.16. The van der Waals surface area contributed by atoms with E-state index < -0.39 is 23.0 Å². The van der Waals surface area contributed by atoms with Gasteiger partial charge in [-0.1, -0.05) is 23.9 Å². The second-order valence-corrected chi connectivity index (χ2v) is 7.63. The molecule has 1 saturated heterocycles. The molecule has 1 fully saturated rings. The third-order valence-corrected chi connectivity index (χ3v) is 5.39. The van der Waals surface area contributed by atoms with Gasteiger partial charge in [-0.05, 0) is 29.6 Å². The zero-order valence-corrected chi connectivity index (χ0v) is 15.4. The maximum absolute atomic E-state index is 12.6. The number of thioether (sulfide) groups is 1. The molecule has 1 aromatic carbocycles. The van der Waals surface area contributed by atoms with Crippen molar-refractivity contribution in [2.24, 2.45) is 15.9 Å². The topological polar surface area (TPSA) is 125 Å². The van der Waals surface area contributed by atoms with Gasteiger partial charge in [0.25, 0.3) is 0 Å². The van der Waals surface area contributed by atoms with E-state index in [2.05, 4.69) is 10.2 Å². The maximum atomic E-state index is 12.6. The van der Waals surface area contributed by atoms with Gasteiger partial charge < -0.3 is 10.8 Å². The molecule has 3 N–H and O–H groups in total. The first kappa shape index (κ1) is 18.8. The Bertz CT molecular complexity index is 940. The minimum absolute atomic E-state index is 0.00630. The molecule has 0 saturated carbocycles. The van der Waals surface area contributed by atoms with Crippen LogP contribution in [0.3, 0.4) is 0 Å². The summed E-state index contributed by atoms with van der Waals surface area (Å²) in [5, 5.41) is 18.0. The summed E-state index contributed by atoms with van der Waals surface area (Å²) in [6.45, 7) is 0. The van der Waals surface area contributed by atoms with Crippen molar-refractivity contribution in [1.82, 2.24) is 0 Å². The Hall–Kier alpha value is -2.98. The number of hydrogen-bond donors (Lipinski definition) is 2. The first-order valence-electron chi connectivity index (χ1n) is 7.72. The molecule has 138 valence electrons. The monoisotopic (exact) mass is 402 g/mol. The summed E-state index contributed by atoms with van der Waals surface area (Å²) in [5.74, 6) is -2.02. The maximum Gasteiger partial charge on any atom is 0.335 e. The number of carboxylic acid groups (broad SMARTS) is 1. The van der Waals surface area contributed by atoms with Crippen molar-refractivity contribution in [1.29, 1.82) is 0 Å². The molecular formula is C17H14N4O4S2. The largest absolute Gasteiger partial charge is 0.478 e. The van der Waals surface area contributed by atoms with Crippen LogP contribution in [0.2, 0.25) is 0 Å². The average molecular weight is 402 g/mol. The van der Waals surface area contributed by atoms with Gasteiger partial charge in [0.2, 0.25) is 11.8 Å². The van der Waals surface area contributed by atoms with Gasteiger partial charge in [-0.15, -0.1) is 16.4 Å². The van der Waals surface area contributed by atoms with E-state index in [9.17, 15) is 14.4 Å². The van der Waals surface area contributed by atoms with Gasteiger partial charge in [-0.25, -0.2) is 9.69 Å². The highest BCUT2D eigenvalue weighted by Gasteiger charge is 2.40. The summed E-state index contributed by atoms with van der Waals surface area (Å²) in [4.78, 5) is 37.8. The molecule has 2 heterocycles. The lowest BCUT2D eigenvalue weighted by molar-refractivity contribution is -0.121. The van der Waals surface area contributed by atoms with Crippen molar-refractivity contribution in [3.8, 4) is 0 Å². The second kappa shape index (κ2) is 8.14. The Morgan fingerprint density at radius 2 is 2.15 bits per heavy atom. The van der Waals surface area contributed by atoms with Gasteiger partial charge in [0.1, 0.15) is 5.25 Å². The van der Waals surface area contributed by atoms with Crippen molar-refractivity contribution in [2.45, 2.75) is 11.7 Å². The fourth-order valence-electron chi connectivity index (χ4n) is 2.42. The Morgan fingerprint density at radius 3 is 2.85 bits per heavy atom. The third-order valence-electron chi connectivity index (χ3n) is 3.60. The number of nitrogens with zero attached hydrogens (tertiary/aromatic N) is 3. The van der Waals surface area contributed by atoms with E-state index in [0.29, 0.717) is 0 Å². The fourth-order valence-corrected chi connectivity index (χ4v) is 3.82. The standard InChI is InChI=1S/C17H14N4O4S2/c18-17(20-19-9-12-5-2-6-26-12)27-13-8-14(22)21(15(13)23)11-4-1-3-10(7-11)16(24)25/h1-7,9,13H,8H2,(H2,18,20)(H,24,25). The van der Waals surface area contributed by atoms with Crippen LogP contribution in [0.25, 0.3) is 0 Å². The van der Waals surface area contributed by atoms with E-state index in [1.54, 1.807) is 6.21 Å². The number of carbonyl (C=O) groups excluding carboxylic acids is 2. The van der Waals surface area contributed by atoms with Gasteiger partial charge in [0.15, 0.2) is 5.17 Å². The number of benzene rings is 1. The normalized spacial score (nSPS) is 17.9. The van der Waals surface area contributed by atoms with E-state index in [-0.39, 0.29) is 22.8 Å². The lowest BCUT2D eigenvalue weighted by atomic mass is 10.2. The summed E-state index contributed by atoms with van der Waals surface area (Å²) in [6, 6.07) is 9.42. The van der Waals surface area contributed by atoms with Crippen molar-refractivity contribution in [3.05, 3.63) is 52.2 Å². The summed E-state index contributed by atoms with van der Waals surface area (Å²) < 4.78 is 0. The summed E-state index contributed by atoms with van der Waals surface area (Å²) in [6.07, 6.45) is 1.50. The van der Waals surface area contributed by atoms with Crippen molar-refractivity contribution >= 4 is 58.0 Å². The number of nitrogens with two attached hydrogens (primary N) is 1. The minimum Gasteiger partial charge on any atom is -0.478 e. The van der Waals surface area contributed by atoms with Crippen LogP contribution in [-0.4, -0.2) is 39.5 Å². The van der Waals surface area contributed by atoms with Crippen LogP contribution in [0.15, 0.2) is 52.0 Å². The minimum atomic E-state index is -1.14. The number of aromatic carboxylic acids is 1. The molecule has 8 nitrogen and oxygen atoms in total. The quantitative estimate of drug-likeness (QED) is 0.342. The van der Waals surface area contributed by atoms with Crippen LogP contribution in [0, 0.1) is 0 Å².